The number of carboxylic acid groups (broad SMARTS) is 1. The van der Waals surface area contributed by atoms with E-state index in [2.05, 4.69) is 0 Å². The van der Waals surface area contributed by atoms with Gasteiger partial charge >= 0.3 is 5.97 Å². The average Bonchev–Trinajstić information content (AvgIpc) is 3.04. The van der Waals surface area contributed by atoms with Crippen LogP contribution in [0, 0.1) is 5.82 Å². The topological polar surface area (TPSA) is 57.6 Å². The number of nitrogens with zero attached hydrogens (tertiary/aromatic N) is 1. The molecule has 2 aromatic carbocycles. The zero-order valence-electron chi connectivity index (χ0n) is 13.8. The zero-order chi connectivity index (χ0) is 18.3. The van der Waals surface area contributed by atoms with Crippen LogP contribution in [0.1, 0.15) is 22.3 Å². The van der Waals surface area contributed by atoms with Crippen LogP contribution in [0.5, 0.6) is 0 Å². The molecule has 0 bridgehead atoms. The van der Waals surface area contributed by atoms with Gasteiger partial charge in [-0.25, -0.2) is 9.18 Å². The Labute approximate surface area is 153 Å². The van der Waals surface area contributed by atoms with Crippen LogP contribution in [-0.2, 0) is 11.2 Å². The van der Waals surface area contributed by atoms with Crippen molar-refractivity contribution in [3.63, 3.8) is 0 Å². The molecule has 1 saturated heterocycles. The van der Waals surface area contributed by atoms with Crippen molar-refractivity contribution in [1.82, 2.24) is 4.90 Å². The maximum absolute atomic E-state index is 14.1. The highest BCUT2D eigenvalue weighted by atomic mass is 32.1. The lowest BCUT2D eigenvalue weighted by atomic mass is 9.78. The quantitative estimate of drug-likeness (QED) is 0.758. The van der Waals surface area contributed by atoms with Gasteiger partial charge in [-0.3, -0.25) is 4.79 Å². The van der Waals surface area contributed by atoms with Crippen molar-refractivity contribution in [2.24, 2.45) is 0 Å². The van der Waals surface area contributed by atoms with E-state index in [1.54, 1.807) is 23.6 Å². The number of hydrogen-bond acceptors (Lipinski definition) is 3. The summed E-state index contributed by atoms with van der Waals surface area (Å²) in [7, 11) is 0. The van der Waals surface area contributed by atoms with Gasteiger partial charge in [-0.05, 0) is 24.1 Å². The van der Waals surface area contributed by atoms with Crippen molar-refractivity contribution >= 4 is 33.3 Å². The molecule has 1 unspecified atom stereocenters. The Kier molecular flexibility index (Phi) is 4.00. The third-order valence-electron chi connectivity index (χ3n) is 5.06. The molecule has 4 rings (SSSR count). The first-order valence-electron chi connectivity index (χ1n) is 8.28. The van der Waals surface area contributed by atoms with Crippen molar-refractivity contribution in [3.8, 4) is 0 Å². The molecule has 1 atom stereocenters. The number of fused-ring (bicyclic) bond motifs is 1. The zero-order valence-corrected chi connectivity index (χ0v) is 14.6. The summed E-state index contributed by atoms with van der Waals surface area (Å²) in [6.45, 7) is 0.351. The van der Waals surface area contributed by atoms with E-state index in [1.807, 2.05) is 24.3 Å². The van der Waals surface area contributed by atoms with Gasteiger partial charge in [0.15, 0.2) is 0 Å². The molecule has 0 radical (unpaired) electrons. The van der Waals surface area contributed by atoms with Gasteiger partial charge in [0.2, 0.25) is 0 Å². The number of carbonyl (C=O) groups is 2. The molecule has 26 heavy (non-hydrogen) atoms. The third kappa shape index (κ3) is 2.49. The molecule has 1 N–H and O–H groups in total. The van der Waals surface area contributed by atoms with Gasteiger partial charge in [0, 0.05) is 28.4 Å². The van der Waals surface area contributed by atoms with E-state index >= 15 is 0 Å². The van der Waals surface area contributed by atoms with Gasteiger partial charge in [0.1, 0.15) is 11.4 Å². The summed E-state index contributed by atoms with van der Waals surface area (Å²) in [5.41, 5.74) is -0.588. The smallest absolute Gasteiger partial charge is 0.330 e. The minimum Gasteiger partial charge on any atom is -0.479 e. The molecule has 1 amide bonds. The highest BCUT2D eigenvalue weighted by molar-refractivity contribution is 7.17. The van der Waals surface area contributed by atoms with Crippen LogP contribution in [0.25, 0.3) is 10.1 Å². The fraction of sp³-hybridized carbons (Fsp3) is 0.200. The summed E-state index contributed by atoms with van der Waals surface area (Å²) in [5.74, 6) is -1.86. The van der Waals surface area contributed by atoms with Crippen molar-refractivity contribution < 1.29 is 19.1 Å². The summed E-state index contributed by atoms with van der Waals surface area (Å²) in [6.07, 6.45) is 0.271. The summed E-state index contributed by atoms with van der Waals surface area (Å²) in [4.78, 5) is 26.5. The van der Waals surface area contributed by atoms with Crippen LogP contribution in [0.15, 0.2) is 53.9 Å². The molecule has 0 spiro atoms. The Balaban J connectivity index is 1.70. The van der Waals surface area contributed by atoms with Crippen molar-refractivity contribution in [2.45, 2.75) is 18.4 Å². The van der Waals surface area contributed by atoms with E-state index in [0.717, 1.165) is 10.1 Å². The van der Waals surface area contributed by atoms with Crippen LogP contribution in [0.3, 0.4) is 0 Å². The lowest BCUT2D eigenvalue weighted by Crippen LogP contribution is -2.67. The van der Waals surface area contributed by atoms with E-state index in [1.165, 1.54) is 22.3 Å². The molecule has 0 aliphatic carbocycles. The van der Waals surface area contributed by atoms with E-state index in [-0.39, 0.29) is 12.3 Å². The molecular formula is C20H16FNO3S. The average molecular weight is 369 g/mol. The number of carboxylic acids is 1. The predicted octanol–water partition coefficient (Wildman–Crippen LogP) is 3.95. The van der Waals surface area contributed by atoms with Crippen molar-refractivity contribution in [2.75, 3.05) is 6.54 Å². The predicted molar refractivity (Wildman–Crippen MR) is 97.9 cm³/mol. The summed E-state index contributed by atoms with van der Waals surface area (Å²) in [6, 6.07) is 13.7. The van der Waals surface area contributed by atoms with Crippen LogP contribution in [-0.4, -0.2) is 34.0 Å². The number of benzene rings is 2. The van der Waals surface area contributed by atoms with Crippen LogP contribution >= 0.6 is 11.3 Å². The molecule has 0 saturated carbocycles. The second kappa shape index (κ2) is 6.21. The second-order valence-corrected chi connectivity index (χ2v) is 7.37. The molecule has 3 aromatic rings. The molecule has 1 aliphatic rings. The first-order chi connectivity index (χ1) is 12.5. The highest BCUT2D eigenvalue weighted by Crippen LogP contribution is 2.38. The first-order valence-corrected chi connectivity index (χ1v) is 9.16. The van der Waals surface area contributed by atoms with Crippen molar-refractivity contribution in [1.29, 1.82) is 0 Å². The number of rotatable bonds is 4. The molecule has 6 heteroatoms. The minimum atomic E-state index is -1.40. The molecule has 1 fully saturated rings. The Morgan fingerprint density at radius 2 is 1.88 bits per heavy atom. The number of amides is 1. The monoisotopic (exact) mass is 369 g/mol. The van der Waals surface area contributed by atoms with Gasteiger partial charge in [0.25, 0.3) is 5.91 Å². The number of halogens is 1. The van der Waals surface area contributed by atoms with Crippen molar-refractivity contribution in [3.05, 3.63) is 70.9 Å². The SMILES string of the molecule is O=C(c1csc2ccccc12)N1CCC1(Cc1ccccc1F)C(=O)O. The highest BCUT2D eigenvalue weighted by Gasteiger charge is 2.54. The third-order valence-corrected chi connectivity index (χ3v) is 6.02. The van der Waals surface area contributed by atoms with E-state index in [0.29, 0.717) is 24.1 Å². The van der Waals surface area contributed by atoms with Gasteiger partial charge < -0.3 is 10.0 Å². The van der Waals surface area contributed by atoms with Crippen LogP contribution in [0.2, 0.25) is 0 Å². The number of hydrogen-bond donors (Lipinski definition) is 1. The first kappa shape index (κ1) is 16.7. The maximum atomic E-state index is 14.1. The molecule has 2 heterocycles. The summed E-state index contributed by atoms with van der Waals surface area (Å²) < 4.78 is 15.0. The number of thiophene rings is 1. The number of likely N-dealkylation sites (tertiary alicyclic amines) is 1. The Bertz CT molecular complexity index is 1010. The maximum Gasteiger partial charge on any atom is 0.330 e. The largest absolute Gasteiger partial charge is 0.479 e. The molecule has 1 aliphatic heterocycles. The standard InChI is InChI=1S/C20H16FNO3S/c21-16-7-3-1-5-13(16)11-20(19(24)25)9-10-22(20)18(23)15-12-26-17-8-4-2-6-14(15)17/h1-8,12H,9-11H2,(H,24,25). The molecular weight excluding hydrogens is 353 g/mol. The molecule has 132 valence electrons. The second-order valence-electron chi connectivity index (χ2n) is 6.46. The number of carbonyl (C=O) groups excluding carboxylic acids is 1. The van der Waals surface area contributed by atoms with Gasteiger partial charge in [-0.15, -0.1) is 11.3 Å². The lowest BCUT2D eigenvalue weighted by molar-refractivity contribution is -0.157. The molecule has 1 aromatic heterocycles. The number of aliphatic carboxylic acids is 1. The van der Waals surface area contributed by atoms with E-state index < -0.39 is 17.3 Å². The van der Waals surface area contributed by atoms with Gasteiger partial charge in [0.05, 0.1) is 5.56 Å². The Morgan fingerprint density at radius 1 is 1.15 bits per heavy atom. The molecule has 4 nitrogen and oxygen atoms in total. The fourth-order valence-electron chi connectivity index (χ4n) is 3.52. The van der Waals surface area contributed by atoms with Crippen LogP contribution < -0.4 is 0 Å². The van der Waals surface area contributed by atoms with Crippen LogP contribution in [0.4, 0.5) is 4.39 Å². The summed E-state index contributed by atoms with van der Waals surface area (Å²) >= 11 is 1.45. The van der Waals surface area contributed by atoms with E-state index in [4.69, 9.17) is 0 Å². The Hall–Kier alpha value is -2.73. The van der Waals surface area contributed by atoms with E-state index in [9.17, 15) is 19.1 Å². The van der Waals surface area contributed by atoms with Gasteiger partial charge in [-0.2, -0.15) is 0 Å². The Morgan fingerprint density at radius 3 is 2.58 bits per heavy atom. The summed E-state index contributed by atoms with van der Waals surface area (Å²) in [5, 5.41) is 12.4. The lowest BCUT2D eigenvalue weighted by Gasteiger charge is -2.49. The van der Waals surface area contributed by atoms with Gasteiger partial charge in [-0.1, -0.05) is 36.4 Å². The normalized spacial score (nSPS) is 19.3. The minimum absolute atomic E-state index is 0.0389. The fourth-order valence-corrected chi connectivity index (χ4v) is 4.45.